The average molecular weight is 290 g/mol. The number of hydrogen-bond donors (Lipinski definition) is 0. The molecular weight excluding hydrogens is 259 g/mol. The SMILES string of the molecule is CCN(CC)c1cbnc(N(CC)CC)c1N(CC)CC. The van der Waals surface area contributed by atoms with Crippen LogP contribution in [0.1, 0.15) is 41.5 Å². The van der Waals surface area contributed by atoms with Crippen molar-refractivity contribution in [3.63, 3.8) is 0 Å². The van der Waals surface area contributed by atoms with Gasteiger partial charge in [0.05, 0.1) is 0 Å². The number of aromatic nitrogens is 1. The molecule has 0 aliphatic rings. The van der Waals surface area contributed by atoms with E-state index in [1.807, 2.05) is 7.05 Å². The summed E-state index contributed by atoms with van der Waals surface area (Å²) in [5.41, 5.74) is 2.59. The summed E-state index contributed by atoms with van der Waals surface area (Å²) in [7, 11) is 1.95. The molecule has 0 unspecified atom stereocenters. The summed E-state index contributed by atoms with van der Waals surface area (Å²) in [5.74, 6) is 3.28. The Morgan fingerprint density at radius 3 is 1.67 bits per heavy atom. The summed E-state index contributed by atoms with van der Waals surface area (Å²) in [6.07, 6.45) is 0. The molecular formula is C16H31BN4. The Bertz CT molecular complexity index is 382. The van der Waals surface area contributed by atoms with Crippen molar-refractivity contribution < 1.29 is 0 Å². The van der Waals surface area contributed by atoms with E-state index in [0.717, 1.165) is 45.1 Å². The minimum absolute atomic E-state index is 0.986. The molecule has 0 aromatic carbocycles. The Kier molecular flexibility index (Phi) is 7.55. The Morgan fingerprint density at radius 2 is 1.24 bits per heavy atom. The first-order valence-corrected chi connectivity index (χ1v) is 8.41. The molecule has 0 amide bonds. The van der Waals surface area contributed by atoms with Crippen LogP contribution < -0.4 is 14.7 Å². The summed E-state index contributed by atoms with van der Waals surface area (Å²) >= 11 is 0. The van der Waals surface area contributed by atoms with E-state index in [1.54, 1.807) is 0 Å². The summed E-state index contributed by atoms with van der Waals surface area (Å²) in [4.78, 5) is 11.9. The van der Waals surface area contributed by atoms with Gasteiger partial charge < -0.3 is 0 Å². The Balaban J connectivity index is 3.46. The Morgan fingerprint density at radius 1 is 0.762 bits per heavy atom. The predicted octanol–water partition coefficient (Wildman–Crippen LogP) is 2.96. The molecule has 4 nitrogen and oxygen atoms in total. The fraction of sp³-hybridized carbons (Fsp3) is 0.750. The number of nitrogens with zero attached hydrogens (tertiary/aromatic N) is 4. The number of rotatable bonds is 9. The van der Waals surface area contributed by atoms with Gasteiger partial charge in [0.1, 0.15) is 0 Å². The molecule has 21 heavy (non-hydrogen) atoms. The summed E-state index contributed by atoms with van der Waals surface area (Å²) < 4.78 is 0. The predicted molar refractivity (Wildman–Crippen MR) is 96.3 cm³/mol. The number of hydrogen-bond acceptors (Lipinski definition) is 4. The van der Waals surface area contributed by atoms with Crippen molar-refractivity contribution >= 4 is 24.2 Å². The van der Waals surface area contributed by atoms with E-state index < -0.39 is 0 Å². The number of anilines is 3. The van der Waals surface area contributed by atoms with Crippen LogP contribution in [0.2, 0.25) is 0 Å². The van der Waals surface area contributed by atoms with Crippen LogP contribution in [0.25, 0.3) is 0 Å². The van der Waals surface area contributed by atoms with Gasteiger partial charge in [-0.3, -0.25) is 0 Å². The second-order valence-corrected chi connectivity index (χ2v) is 5.02. The molecule has 1 aromatic heterocycles. The fourth-order valence-electron chi connectivity index (χ4n) is 2.85. The van der Waals surface area contributed by atoms with E-state index in [0.29, 0.717) is 0 Å². The Hall–Kier alpha value is -1.26. The molecule has 0 saturated heterocycles. The van der Waals surface area contributed by atoms with E-state index in [2.05, 4.69) is 62.2 Å². The van der Waals surface area contributed by atoms with Crippen LogP contribution in [0.5, 0.6) is 0 Å². The van der Waals surface area contributed by atoms with Gasteiger partial charge in [0.15, 0.2) is 0 Å². The average Bonchev–Trinajstić information content (AvgIpc) is 2.52. The van der Waals surface area contributed by atoms with Gasteiger partial charge >= 0.3 is 131 Å². The maximum atomic E-state index is 4.71. The molecule has 0 aliphatic heterocycles. The van der Waals surface area contributed by atoms with E-state index in [9.17, 15) is 0 Å². The molecule has 0 saturated carbocycles. The monoisotopic (exact) mass is 290 g/mol. The van der Waals surface area contributed by atoms with Gasteiger partial charge in [0, 0.05) is 0 Å². The third-order valence-corrected chi connectivity index (χ3v) is 4.13. The van der Waals surface area contributed by atoms with Crippen molar-refractivity contribution in [3.05, 3.63) is 5.96 Å². The first-order chi connectivity index (χ1) is 10.2. The second kappa shape index (κ2) is 8.91. The maximum absolute atomic E-state index is 4.71. The van der Waals surface area contributed by atoms with Crippen LogP contribution in [0, 0.1) is 0 Å². The zero-order chi connectivity index (χ0) is 15.8. The van der Waals surface area contributed by atoms with Crippen molar-refractivity contribution in [2.24, 2.45) is 0 Å². The molecule has 5 heteroatoms. The van der Waals surface area contributed by atoms with Crippen LogP contribution in [0.15, 0.2) is 5.96 Å². The van der Waals surface area contributed by atoms with Crippen molar-refractivity contribution in [1.82, 2.24) is 4.89 Å². The van der Waals surface area contributed by atoms with E-state index in [1.165, 1.54) is 11.4 Å². The molecule has 0 spiro atoms. The molecule has 1 rings (SSSR count). The van der Waals surface area contributed by atoms with Crippen molar-refractivity contribution in [3.8, 4) is 0 Å². The normalized spacial score (nSPS) is 10.4. The first kappa shape index (κ1) is 17.8. The van der Waals surface area contributed by atoms with Gasteiger partial charge in [-0.2, -0.15) is 0 Å². The van der Waals surface area contributed by atoms with Crippen molar-refractivity contribution in [1.29, 1.82) is 0 Å². The van der Waals surface area contributed by atoms with E-state index in [-0.39, 0.29) is 0 Å². The molecule has 0 bridgehead atoms. The topological polar surface area (TPSA) is 22.6 Å². The molecule has 1 heterocycles. The molecule has 0 aliphatic carbocycles. The second-order valence-electron chi connectivity index (χ2n) is 5.02. The summed E-state index contributed by atoms with van der Waals surface area (Å²) in [5, 5.41) is 0. The third kappa shape index (κ3) is 3.89. The molecule has 0 radical (unpaired) electrons. The van der Waals surface area contributed by atoms with Gasteiger partial charge in [-0.05, 0) is 0 Å². The van der Waals surface area contributed by atoms with Crippen LogP contribution >= 0.6 is 0 Å². The zero-order valence-electron chi connectivity index (χ0n) is 14.7. The van der Waals surface area contributed by atoms with E-state index in [4.69, 9.17) is 4.89 Å². The van der Waals surface area contributed by atoms with Crippen LogP contribution in [-0.4, -0.2) is 51.2 Å². The standard InChI is InChI=1S/C16H31BN4/c1-7-19(8-2)14-13-17-18-16(21(11-5)12-6)15(14)20(9-3)10-4/h13H,7-12H2,1-6H3. The summed E-state index contributed by atoms with van der Waals surface area (Å²) in [6, 6.07) is 0. The minimum atomic E-state index is 0.986. The van der Waals surface area contributed by atoms with Crippen molar-refractivity contribution in [2.45, 2.75) is 41.5 Å². The molecule has 1 aromatic rings. The molecule has 118 valence electrons. The first-order valence-electron chi connectivity index (χ1n) is 8.41. The third-order valence-electron chi connectivity index (χ3n) is 4.13. The van der Waals surface area contributed by atoms with Crippen LogP contribution in [0.3, 0.4) is 0 Å². The van der Waals surface area contributed by atoms with Gasteiger partial charge in [-0.15, -0.1) is 0 Å². The quantitative estimate of drug-likeness (QED) is 0.697. The van der Waals surface area contributed by atoms with E-state index >= 15 is 0 Å². The van der Waals surface area contributed by atoms with Gasteiger partial charge in [0.25, 0.3) is 0 Å². The Labute approximate surface area is 131 Å². The van der Waals surface area contributed by atoms with Gasteiger partial charge in [0.2, 0.25) is 0 Å². The van der Waals surface area contributed by atoms with Crippen molar-refractivity contribution in [2.75, 3.05) is 54.0 Å². The van der Waals surface area contributed by atoms with Gasteiger partial charge in [-0.1, -0.05) is 0 Å². The summed E-state index contributed by atoms with van der Waals surface area (Å²) in [6.45, 7) is 19.3. The van der Waals surface area contributed by atoms with Gasteiger partial charge in [-0.25, -0.2) is 0 Å². The van der Waals surface area contributed by atoms with Crippen LogP contribution in [0.4, 0.5) is 17.2 Å². The van der Waals surface area contributed by atoms with Crippen LogP contribution in [-0.2, 0) is 0 Å². The molecule has 0 N–H and O–H groups in total. The zero-order valence-corrected chi connectivity index (χ0v) is 14.7. The molecule has 0 atom stereocenters. The fourth-order valence-corrected chi connectivity index (χ4v) is 2.85. The molecule has 0 fully saturated rings.